The van der Waals surface area contributed by atoms with Crippen LogP contribution in [0.25, 0.3) is 0 Å². The molecule has 4 atom stereocenters. The van der Waals surface area contributed by atoms with Crippen LogP contribution in [0.2, 0.25) is 0 Å². The summed E-state index contributed by atoms with van der Waals surface area (Å²) in [6, 6.07) is 0. The number of aliphatic hydroxyl groups excluding tert-OH is 1. The Bertz CT molecular complexity index is 467. The Balaban J connectivity index is 2.44. The quantitative estimate of drug-likeness (QED) is 0.401. The predicted molar refractivity (Wildman–Crippen MR) is 100 cm³/mol. The molecule has 1 aliphatic rings. The van der Waals surface area contributed by atoms with E-state index in [1.54, 1.807) is 0 Å². The summed E-state index contributed by atoms with van der Waals surface area (Å²) < 4.78 is 0. The summed E-state index contributed by atoms with van der Waals surface area (Å²) in [5.41, 5.74) is 0. The molecule has 4 nitrogen and oxygen atoms in total. The molecule has 0 bridgehead atoms. The van der Waals surface area contributed by atoms with E-state index in [0.717, 1.165) is 32.1 Å². The average Bonchev–Trinajstić information content (AvgIpc) is 2.93. The van der Waals surface area contributed by atoms with Crippen molar-refractivity contribution in [2.75, 3.05) is 0 Å². The van der Waals surface area contributed by atoms with Gasteiger partial charge in [0.2, 0.25) is 0 Å². The summed E-state index contributed by atoms with van der Waals surface area (Å²) in [6.07, 6.45) is 14.5. The number of allylic oxidation sites excluding steroid dienone is 3. The van der Waals surface area contributed by atoms with E-state index in [1.807, 2.05) is 24.3 Å². The Morgan fingerprint density at radius 3 is 2.76 bits per heavy atom. The lowest BCUT2D eigenvalue weighted by Crippen LogP contribution is -2.16. The fourth-order valence-electron chi connectivity index (χ4n) is 3.35. The molecular formula is C21H34O4. The summed E-state index contributed by atoms with van der Waals surface area (Å²) in [7, 11) is 0. The van der Waals surface area contributed by atoms with Gasteiger partial charge in [0.25, 0.3) is 0 Å². The molecule has 1 rings (SSSR count). The van der Waals surface area contributed by atoms with Crippen LogP contribution in [-0.2, 0) is 9.59 Å². The molecule has 0 radical (unpaired) electrons. The molecule has 1 saturated carbocycles. The number of hydrogen-bond donors (Lipinski definition) is 2. The summed E-state index contributed by atoms with van der Waals surface area (Å²) >= 11 is 0. The highest BCUT2D eigenvalue weighted by molar-refractivity contribution is 5.83. The number of aliphatic carboxylic acids is 1. The first-order valence-corrected chi connectivity index (χ1v) is 9.71. The largest absolute Gasteiger partial charge is 0.481 e. The maximum atomic E-state index is 12.1. The van der Waals surface area contributed by atoms with Crippen LogP contribution in [0, 0.1) is 17.8 Å². The first kappa shape index (κ1) is 21.6. The minimum Gasteiger partial charge on any atom is -0.481 e. The first-order chi connectivity index (χ1) is 12.0. The Morgan fingerprint density at radius 1 is 1.32 bits per heavy atom. The maximum Gasteiger partial charge on any atom is 0.303 e. The number of carbonyl (C=O) groups excluding carboxylic acids is 1. The first-order valence-electron chi connectivity index (χ1n) is 9.71. The second kappa shape index (κ2) is 12.0. The molecule has 142 valence electrons. The van der Waals surface area contributed by atoms with Crippen molar-refractivity contribution >= 4 is 11.8 Å². The lowest BCUT2D eigenvalue weighted by Gasteiger charge is -2.17. The number of aliphatic hydroxyl groups is 1. The van der Waals surface area contributed by atoms with Gasteiger partial charge in [-0.2, -0.15) is 0 Å². The molecule has 2 N–H and O–H groups in total. The molecule has 0 aromatic rings. The van der Waals surface area contributed by atoms with E-state index in [-0.39, 0.29) is 24.2 Å². The van der Waals surface area contributed by atoms with Gasteiger partial charge < -0.3 is 10.2 Å². The Kier molecular flexibility index (Phi) is 10.4. The van der Waals surface area contributed by atoms with E-state index in [9.17, 15) is 14.7 Å². The van der Waals surface area contributed by atoms with Crippen molar-refractivity contribution in [3.8, 4) is 0 Å². The standard InChI is InChI=1S/C21H34O4/c1-3-4-9-16(2)19(22)14-12-17-13-15-20(23)18(17)10-7-5-6-8-11-21(24)25/h5,7,12,14,16-19,22H,3-4,6,8-11,13,15H2,1-2H3,(H,24,25)/b7-5+,14-12+/t16-,17?,18-,19+/m1/s1. The van der Waals surface area contributed by atoms with Crippen LogP contribution >= 0.6 is 0 Å². The second-order valence-corrected chi connectivity index (χ2v) is 7.26. The molecule has 1 fully saturated rings. The molecular weight excluding hydrogens is 316 g/mol. The molecule has 1 unspecified atom stereocenters. The van der Waals surface area contributed by atoms with Gasteiger partial charge in [-0.15, -0.1) is 0 Å². The van der Waals surface area contributed by atoms with E-state index in [4.69, 9.17) is 5.11 Å². The molecule has 0 saturated heterocycles. The highest BCUT2D eigenvalue weighted by atomic mass is 16.4. The van der Waals surface area contributed by atoms with Gasteiger partial charge in [-0.1, -0.05) is 51.0 Å². The summed E-state index contributed by atoms with van der Waals surface area (Å²) in [5.74, 6) is 0.00449. The third kappa shape index (κ3) is 8.48. The van der Waals surface area contributed by atoms with Crippen molar-refractivity contribution in [3.05, 3.63) is 24.3 Å². The van der Waals surface area contributed by atoms with Gasteiger partial charge in [0.05, 0.1) is 6.10 Å². The molecule has 1 aliphatic carbocycles. The lowest BCUT2D eigenvalue weighted by molar-refractivity contribution is -0.137. The zero-order valence-electron chi connectivity index (χ0n) is 15.7. The fraction of sp³-hybridized carbons (Fsp3) is 0.714. The maximum absolute atomic E-state index is 12.1. The van der Waals surface area contributed by atoms with E-state index >= 15 is 0 Å². The molecule has 25 heavy (non-hydrogen) atoms. The SMILES string of the molecule is CCCC[C@@H](C)[C@@H](O)/C=C/C1CCC(=O)[C@@H]1C/C=C/CCCC(=O)O. The molecule has 4 heteroatoms. The van der Waals surface area contributed by atoms with Gasteiger partial charge in [-0.3, -0.25) is 9.59 Å². The van der Waals surface area contributed by atoms with E-state index in [2.05, 4.69) is 13.8 Å². The number of ketones is 1. The van der Waals surface area contributed by atoms with E-state index in [0.29, 0.717) is 25.0 Å². The number of rotatable bonds is 12. The Labute approximate surface area is 152 Å². The molecule has 0 aromatic heterocycles. The van der Waals surface area contributed by atoms with Crippen LogP contribution in [0.5, 0.6) is 0 Å². The van der Waals surface area contributed by atoms with Gasteiger partial charge in [0, 0.05) is 18.8 Å². The molecule has 0 heterocycles. The molecule has 0 spiro atoms. The molecule has 0 aromatic carbocycles. The average molecular weight is 350 g/mol. The summed E-state index contributed by atoms with van der Waals surface area (Å²) in [4.78, 5) is 22.6. The number of carboxylic acids is 1. The highest BCUT2D eigenvalue weighted by Crippen LogP contribution is 2.33. The van der Waals surface area contributed by atoms with Gasteiger partial charge in [-0.05, 0) is 43.9 Å². The molecule has 0 aliphatic heterocycles. The number of Topliss-reactive ketones (excluding diaryl/α,β-unsaturated/α-hetero) is 1. The predicted octanol–water partition coefficient (Wildman–Crippen LogP) is 4.53. The molecule has 0 amide bonds. The van der Waals surface area contributed by atoms with Crippen LogP contribution in [0.15, 0.2) is 24.3 Å². The minimum absolute atomic E-state index is 0.00474. The van der Waals surface area contributed by atoms with Crippen LogP contribution in [-0.4, -0.2) is 28.1 Å². The van der Waals surface area contributed by atoms with Crippen LogP contribution in [0.4, 0.5) is 0 Å². The lowest BCUT2D eigenvalue weighted by atomic mass is 9.90. The number of carbonyl (C=O) groups is 2. The number of hydrogen-bond acceptors (Lipinski definition) is 3. The normalized spacial score (nSPS) is 23.6. The Hall–Kier alpha value is -1.42. The third-order valence-corrected chi connectivity index (χ3v) is 5.12. The highest BCUT2D eigenvalue weighted by Gasteiger charge is 2.32. The van der Waals surface area contributed by atoms with Crippen LogP contribution in [0.1, 0.15) is 71.6 Å². The van der Waals surface area contributed by atoms with Crippen molar-refractivity contribution in [2.45, 2.75) is 77.7 Å². The van der Waals surface area contributed by atoms with Crippen molar-refractivity contribution in [3.63, 3.8) is 0 Å². The monoisotopic (exact) mass is 350 g/mol. The third-order valence-electron chi connectivity index (χ3n) is 5.12. The van der Waals surface area contributed by atoms with Crippen LogP contribution < -0.4 is 0 Å². The fourth-order valence-corrected chi connectivity index (χ4v) is 3.35. The number of unbranched alkanes of at least 4 members (excludes halogenated alkanes) is 2. The van der Waals surface area contributed by atoms with E-state index < -0.39 is 12.1 Å². The van der Waals surface area contributed by atoms with Crippen molar-refractivity contribution in [1.82, 2.24) is 0 Å². The smallest absolute Gasteiger partial charge is 0.303 e. The van der Waals surface area contributed by atoms with Crippen LogP contribution in [0.3, 0.4) is 0 Å². The second-order valence-electron chi connectivity index (χ2n) is 7.26. The van der Waals surface area contributed by atoms with E-state index in [1.165, 1.54) is 0 Å². The van der Waals surface area contributed by atoms with Gasteiger partial charge in [0.1, 0.15) is 5.78 Å². The van der Waals surface area contributed by atoms with Crippen molar-refractivity contribution < 1.29 is 19.8 Å². The van der Waals surface area contributed by atoms with Gasteiger partial charge in [0.15, 0.2) is 0 Å². The number of carboxylic acid groups (broad SMARTS) is 1. The minimum atomic E-state index is -0.767. The summed E-state index contributed by atoms with van der Waals surface area (Å²) in [6.45, 7) is 4.22. The van der Waals surface area contributed by atoms with Crippen molar-refractivity contribution in [1.29, 1.82) is 0 Å². The zero-order chi connectivity index (χ0) is 18.7. The Morgan fingerprint density at radius 2 is 2.08 bits per heavy atom. The summed E-state index contributed by atoms with van der Waals surface area (Å²) in [5, 5.41) is 18.8. The van der Waals surface area contributed by atoms with Crippen molar-refractivity contribution in [2.24, 2.45) is 17.8 Å². The topological polar surface area (TPSA) is 74.6 Å². The van der Waals surface area contributed by atoms with Gasteiger partial charge >= 0.3 is 5.97 Å². The zero-order valence-corrected chi connectivity index (χ0v) is 15.7. The van der Waals surface area contributed by atoms with Gasteiger partial charge in [-0.25, -0.2) is 0 Å².